The number of piperidine rings is 1. The number of carbonyl (C=O) groups excluding carboxylic acids is 1. The highest BCUT2D eigenvalue weighted by atomic mass is 32.1. The zero-order chi connectivity index (χ0) is 20.8. The van der Waals surface area contributed by atoms with Crippen LogP contribution in [0.25, 0.3) is 0 Å². The average Bonchev–Trinajstić information content (AvgIpc) is 3.23. The summed E-state index contributed by atoms with van der Waals surface area (Å²) < 4.78 is 5.32. The van der Waals surface area contributed by atoms with Crippen molar-refractivity contribution < 1.29 is 9.53 Å². The van der Waals surface area contributed by atoms with Crippen LogP contribution in [-0.4, -0.2) is 57.5 Å². The number of ether oxygens (including phenoxy) is 1. The van der Waals surface area contributed by atoms with Gasteiger partial charge in [-0.2, -0.15) is 5.10 Å². The molecule has 4 heterocycles. The first kappa shape index (κ1) is 20.1. The summed E-state index contributed by atoms with van der Waals surface area (Å²) in [5.74, 6) is 0.587. The molecule has 0 saturated carbocycles. The van der Waals surface area contributed by atoms with E-state index in [-0.39, 0.29) is 11.9 Å². The van der Waals surface area contributed by atoms with E-state index in [0.717, 1.165) is 31.7 Å². The van der Waals surface area contributed by atoms with Crippen LogP contribution in [0.3, 0.4) is 0 Å². The molecule has 3 aromatic rings. The highest BCUT2D eigenvalue weighted by Gasteiger charge is 2.23. The molecule has 1 saturated heterocycles. The molecule has 30 heavy (non-hydrogen) atoms. The lowest BCUT2D eigenvalue weighted by Crippen LogP contribution is -2.39. The Morgan fingerprint density at radius 3 is 2.67 bits per heavy atom. The first-order chi connectivity index (χ1) is 14.7. The van der Waals surface area contributed by atoms with Gasteiger partial charge >= 0.3 is 0 Å². The van der Waals surface area contributed by atoms with E-state index < -0.39 is 6.10 Å². The standard InChI is InChI=1S/C19H22N8O2S/c1-29-16(13-4-2-8-20-12-13)17(28)23-19-26-25-18(30-19)22-14-6-10-27(11-7-14)15-5-3-9-21-24-15/h2-5,8-9,12,14,16H,6-7,10-11H2,1H3,(H,22,25)(H,23,26,28). The van der Waals surface area contributed by atoms with Crippen molar-refractivity contribution in [1.29, 1.82) is 0 Å². The Kier molecular flexibility index (Phi) is 6.40. The summed E-state index contributed by atoms with van der Waals surface area (Å²) >= 11 is 1.30. The van der Waals surface area contributed by atoms with E-state index in [2.05, 4.69) is 40.9 Å². The summed E-state index contributed by atoms with van der Waals surface area (Å²) in [4.78, 5) is 18.8. The van der Waals surface area contributed by atoms with Gasteiger partial charge in [0.1, 0.15) is 0 Å². The Morgan fingerprint density at radius 1 is 1.17 bits per heavy atom. The van der Waals surface area contributed by atoms with Crippen molar-refractivity contribution in [3.63, 3.8) is 0 Å². The second-order valence-corrected chi connectivity index (χ2v) is 7.77. The lowest BCUT2D eigenvalue weighted by molar-refractivity contribution is -0.126. The fourth-order valence-corrected chi connectivity index (χ4v) is 4.04. The lowest BCUT2D eigenvalue weighted by Gasteiger charge is -2.32. The van der Waals surface area contributed by atoms with E-state index in [0.29, 0.717) is 15.8 Å². The Morgan fingerprint density at radius 2 is 1.97 bits per heavy atom. The van der Waals surface area contributed by atoms with Crippen molar-refractivity contribution in [3.05, 3.63) is 48.4 Å². The van der Waals surface area contributed by atoms with Crippen LogP contribution < -0.4 is 15.5 Å². The van der Waals surface area contributed by atoms with Gasteiger partial charge in [-0.3, -0.25) is 15.1 Å². The molecule has 0 aliphatic carbocycles. The molecule has 0 aromatic carbocycles. The van der Waals surface area contributed by atoms with Gasteiger partial charge in [0.05, 0.1) is 0 Å². The molecule has 1 aliphatic heterocycles. The molecule has 0 radical (unpaired) electrons. The summed E-state index contributed by atoms with van der Waals surface area (Å²) in [6.45, 7) is 1.78. The summed E-state index contributed by atoms with van der Waals surface area (Å²) in [6.07, 6.45) is 6.07. The zero-order valence-corrected chi connectivity index (χ0v) is 17.2. The molecular weight excluding hydrogens is 404 g/mol. The monoisotopic (exact) mass is 426 g/mol. The number of hydrogen-bond donors (Lipinski definition) is 2. The molecule has 1 atom stereocenters. The van der Waals surface area contributed by atoms with Gasteiger partial charge in [0.2, 0.25) is 10.3 Å². The van der Waals surface area contributed by atoms with Crippen LogP contribution in [0.1, 0.15) is 24.5 Å². The normalized spacial score (nSPS) is 15.6. The Labute approximate surface area is 177 Å². The minimum absolute atomic E-state index is 0.288. The maximum Gasteiger partial charge on any atom is 0.260 e. The molecule has 3 aromatic heterocycles. The van der Waals surface area contributed by atoms with Gasteiger partial charge in [-0.25, -0.2) is 0 Å². The smallest absolute Gasteiger partial charge is 0.260 e. The molecule has 1 unspecified atom stereocenters. The number of rotatable bonds is 7. The highest BCUT2D eigenvalue weighted by Crippen LogP contribution is 2.26. The third-order valence-corrected chi connectivity index (χ3v) is 5.59. The van der Waals surface area contributed by atoms with Gasteiger partial charge in [-0.1, -0.05) is 17.4 Å². The summed E-state index contributed by atoms with van der Waals surface area (Å²) in [5.41, 5.74) is 0.676. The fraction of sp³-hybridized carbons (Fsp3) is 0.368. The third-order valence-electron chi connectivity index (χ3n) is 4.82. The molecule has 11 heteroatoms. The molecule has 2 N–H and O–H groups in total. The molecule has 156 valence electrons. The number of methoxy groups -OCH3 is 1. The maximum atomic E-state index is 12.6. The third kappa shape index (κ3) is 4.86. The predicted molar refractivity (Wildman–Crippen MR) is 113 cm³/mol. The van der Waals surface area contributed by atoms with E-state index in [1.807, 2.05) is 12.1 Å². The van der Waals surface area contributed by atoms with Gasteiger partial charge in [0.15, 0.2) is 11.9 Å². The van der Waals surface area contributed by atoms with Crippen molar-refractivity contribution >= 4 is 33.3 Å². The van der Waals surface area contributed by atoms with Crippen LogP contribution in [0.5, 0.6) is 0 Å². The van der Waals surface area contributed by atoms with Crippen LogP contribution in [-0.2, 0) is 9.53 Å². The number of carbonyl (C=O) groups is 1. The number of hydrogen-bond acceptors (Lipinski definition) is 10. The molecule has 1 aliphatic rings. The highest BCUT2D eigenvalue weighted by molar-refractivity contribution is 7.19. The van der Waals surface area contributed by atoms with Gasteiger partial charge in [-0.05, 0) is 31.0 Å². The molecule has 1 fully saturated rings. The van der Waals surface area contributed by atoms with Crippen LogP contribution in [0, 0.1) is 0 Å². The SMILES string of the molecule is COC(C(=O)Nc1nnc(NC2CCN(c3cccnn3)CC2)s1)c1cccnc1. The number of nitrogens with zero attached hydrogens (tertiary/aromatic N) is 6. The van der Waals surface area contributed by atoms with Gasteiger partial charge in [0.25, 0.3) is 5.91 Å². The Bertz CT molecular complexity index is 947. The predicted octanol–water partition coefficient (Wildman–Crippen LogP) is 2.13. The molecule has 0 spiro atoms. The van der Waals surface area contributed by atoms with Crippen molar-refractivity contribution in [2.24, 2.45) is 0 Å². The van der Waals surface area contributed by atoms with Crippen LogP contribution >= 0.6 is 11.3 Å². The van der Waals surface area contributed by atoms with Gasteiger partial charge < -0.3 is 15.0 Å². The van der Waals surface area contributed by atoms with Crippen LogP contribution in [0.2, 0.25) is 0 Å². The van der Waals surface area contributed by atoms with E-state index in [1.165, 1.54) is 18.4 Å². The van der Waals surface area contributed by atoms with E-state index in [1.54, 1.807) is 30.7 Å². The second kappa shape index (κ2) is 9.55. The lowest BCUT2D eigenvalue weighted by atomic mass is 10.1. The summed E-state index contributed by atoms with van der Waals surface area (Å²) in [5, 5.41) is 23.6. The maximum absolute atomic E-state index is 12.6. The topological polar surface area (TPSA) is 118 Å². The van der Waals surface area contributed by atoms with Crippen molar-refractivity contribution in [2.75, 3.05) is 35.7 Å². The van der Waals surface area contributed by atoms with Crippen molar-refractivity contribution in [2.45, 2.75) is 25.0 Å². The molecule has 0 bridgehead atoms. The first-order valence-corrected chi connectivity index (χ1v) is 10.4. The van der Waals surface area contributed by atoms with Crippen LogP contribution in [0.4, 0.5) is 16.1 Å². The largest absolute Gasteiger partial charge is 0.367 e. The fourth-order valence-electron chi connectivity index (χ4n) is 3.32. The minimum atomic E-state index is -0.760. The van der Waals surface area contributed by atoms with E-state index in [9.17, 15) is 4.79 Å². The molecular formula is C19H22N8O2S. The number of anilines is 3. The molecule has 1 amide bonds. The summed E-state index contributed by atoms with van der Waals surface area (Å²) in [7, 11) is 1.48. The number of amides is 1. The van der Waals surface area contributed by atoms with Crippen molar-refractivity contribution in [1.82, 2.24) is 25.4 Å². The zero-order valence-electron chi connectivity index (χ0n) is 16.4. The van der Waals surface area contributed by atoms with Crippen molar-refractivity contribution in [3.8, 4) is 0 Å². The van der Waals surface area contributed by atoms with E-state index in [4.69, 9.17) is 4.74 Å². The second-order valence-electron chi connectivity index (χ2n) is 6.79. The first-order valence-electron chi connectivity index (χ1n) is 9.59. The Balaban J connectivity index is 1.30. The Hall–Kier alpha value is -3.18. The van der Waals surface area contributed by atoms with Gasteiger partial charge in [0, 0.05) is 50.4 Å². The minimum Gasteiger partial charge on any atom is -0.367 e. The quantitative estimate of drug-likeness (QED) is 0.586. The molecule has 10 nitrogen and oxygen atoms in total. The van der Waals surface area contributed by atoms with Gasteiger partial charge in [-0.15, -0.1) is 15.3 Å². The average molecular weight is 427 g/mol. The summed E-state index contributed by atoms with van der Waals surface area (Å²) in [6, 6.07) is 7.71. The number of nitrogens with one attached hydrogen (secondary N) is 2. The number of aromatic nitrogens is 5. The van der Waals surface area contributed by atoms with E-state index >= 15 is 0 Å². The van der Waals surface area contributed by atoms with Crippen LogP contribution in [0.15, 0.2) is 42.9 Å². The number of pyridine rings is 1. The molecule has 4 rings (SSSR count).